The van der Waals surface area contributed by atoms with Crippen LogP contribution < -0.4 is 0 Å². The molecule has 0 bridgehead atoms. The molecule has 15 heavy (non-hydrogen) atoms. The summed E-state index contributed by atoms with van der Waals surface area (Å²) in [6.45, 7) is 12.0. The second-order valence-electron chi connectivity index (χ2n) is 4.15. The van der Waals surface area contributed by atoms with Gasteiger partial charge in [-0.1, -0.05) is 25.0 Å². The largest absolute Gasteiger partial charge is 0.295 e. The smallest absolute Gasteiger partial charge is 0.0360 e. The van der Waals surface area contributed by atoms with Crippen LogP contribution in [0.5, 0.6) is 0 Å². The number of allylic oxidation sites excluding steroid dienone is 2. The third-order valence-corrected chi connectivity index (χ3v) is 2.98. The Labute approximate surface area is 95.7 Å². The van der Waals surface area contributed by atoms with Gasteiger partial charge in [0, 0.05) is 12.3 Å². The van der Waals surface area contributed by atoms with Crippen molar-refractivity contribution in [2.45, 2.75) is 66.7 Å². The molecule has 0 N–H and O–H groups in total. The Hall–Kier alpha value is -0.590. The van der Waals surface area contributed by atoms with E-state index in [0.29, 0.717) is 0 Å². The fourth-order valence-electron chi connectivity index (χ4n) is 1.99. The fourth-order valence-corrected chi connectivity index (χ4v) is 1.99. The van der Waals surface area contributed by atoms with Gasteiger partial charge in [0.1, 0.15) is 0 Å². The maximum Gasteiger partial charge on any atom is 0.0360 e. The number of hydrogen-bond acceptors (Lipinski definition) is 1. The summed E-state index contributed by atoms with van der Waals surface area (Å²) in [5.41, 5.74) is 4.55. The van der Waals surface area contributed by atoms with E-state index in [1.54, 1.807) is 11.1 Å². The number of aliphatic imine (C=N–C) groups is 1. The van der Waals surface area contributed by atoms with Crippen LogP contribution in [0.25, 0.3) is 0 Å². The first-order chi connectivity index (χ1) is 7.15. The summed E-state index contributed by atoms with van der Waals surface area (Å²) in [5, 5.41) is 0. The van der Waals surface area contributed by atoms with Crippen LogP contribution in [0.4, 0.5) is 0 Å². The molecule has 0 amide bonds. The fraction of sp³-hybridized carbons (Fsp3) is 0.786. The molecule has 88 valence electrons. The van der Waals surface area contributed by atoms with Gasteiger partial charge in [-0.25, -0.2) is 0 Å². The second kappa shape index (κ2) is 8.70. The van der Waals surface area contributed by atoms with Crippen LogP contribution in [0.2, 0.25) is 0 Å². The van der Waals surface area contributed by atoms with E-state index < -0.39 is 0 Å². The van der Waals surface area contributed by atoms with Crippen LogP contribution in [0, 0.1) is 0 Å². The molecule has 0 saturated heterocycles. The lowest BCUT2D eigenvalue weighted by Gasteiger charge is -2.08. The molecule has 0 aliphatic rings. The van der Waals surface area contributed by atoms with Crippen LogP contribution >= 0.6 is 0 Å². The lowest BCUT2D eigenvalue weighted by Crippen LogP contribution is -1.94. The monoisotopic (exact) mass is 209 g/mol. The normalized spacial score (nSPS) is 11.7. The van der Waals surface area contributed by atoms with Crippen LogP contribution in [-0.2, 0) is 0 Å². The van der Waals surface area contributed by atoms with Gasteiger partial charge in [0.15, 0.2) is 0 Å². The molecule has 0 atom stereocenters. The molecule has 0 spiro atoms. The SMILES string of the molecule is CCN=C(C)CCCC(C)=C(CC)CC. The van der Waals surface area contributed by atoms with Crippen molar-refractivity contribution in [3.63, 3.8) is 0 Å². The minimum atomic E-state index is 0.926. The third-order valence-electron chi connectivity index (χ3n) is 2.98. The summed E-state index contributed by atoms with van der Waals surface area (Å²) in [5.74, 6) is 0. The molecular weight excluding hydrogens is 182 g/mol. The van der Waals surface area contributed by atoms with E-state index in [-0.39, 0.29) is 0 Å². The van der Waals surface area contributed by atoms with Crippen LogP contribution in [0.1, 0.15) is 66.7 Å². The summed E-state index contributed by atoms with van der Waals surface area (Å²) in [4.78, 5) is 4.41. The van der Waals surface area contributed by atoms with E-state index in [4.69, 9.17) is 0 Å². The Morgan fingerprint density at radius 1 is 0.933 bits per heavy atom. The highest BCUT2D eigenvalue weighted by molar-refractivity contribution is 5.81. The molecule has 1 nitrogen and oxygen atoms in total. The van der Waals surface area contributed by atoms with E-state index in [1.165, 1.54) is 31.4 Å². The van der Waals surface area contributed by atoms with E-state index in [1.807, 2.05) is 0 Å². The van der Waals surface area contributed by atoms with Gasteiger partial charge in [0.05, 0.1) is 0 Å². The topological polar surface area (TPSA) is 12.4 Å². The summed E-state index contributed by atoms with van der Waals surface area (Å²) < 4.78 is 0. The van der Waals surface area contributed by atoms with Crippen LogP contribution in [-0.4, -0.2) is 12.3 Å². The number of rotatable bonds is 7. The van der Waals surface area contributed by atoms with Crippen molar-refractivity contribution >= 4 is 5.71 Å². The molecule has 0 rings (SSSR count). The minimum Gasteiger partial charge on any atom is -0.295 e. The van der Waals surface area contributed by atoms with Crippen molar-refractivity contribution in [3.05, 3.63) is 11.1 Å². The van der Waals surface area contributed by atoms with Gasteiger partial charge < -0.3 is 0 Å². The zero-order valence-electron chi connectivity index (χ0n) is 11.2. The molecule has 0 saturated carbocycles. The highest BCUT2D eigenvalue weighted by atomic mass is 14.7. The summed E-state index contributed by atoms with van der Waals surface area (Å²) in [7, 11) is 0. The molecule has 0 aliphatic carbocycles. The summed E-state index contributed by atoms with van der Waals surface area (Å²) >= 11 is 0. The molecule has 0 aliphatic heterocycles. The van der Waals surface area contributed by atoms with Gasteiger partial charge in [-0.05, 0) is 52.9 Å². The van der Waals surface area contributed by atoms with Crippen molar-refractivity contribution in [3.8, 4) is 0 Å². The van der Waals surface area contributed by atoms with Crippen molar-refractivity contribution in [1.29, 1.82) is 0 Å². The van der Waals surface area contributed by atoms with Gasteiger partial charge >= 0.3 is 0 Å². The van der Waals surface area contributed by atoms with Crippen molar-refractivity contribution in [1.82, 2.24) is 0 Å². The van der Waals surface area contributed by atoms with Crippen LogP contribution in [0.15, 0.2) is 16.1 Å². The lowest BCUT2D eigenvalue weighted by atomic mass is 9.99. The molecule has 0 heterocycles. The molecule has 0 aromatic carbocycles. The molecule has 0 aromatic heterocycles. The van der Waals surface area contributed by atoms with Gasteiger partial charge in [-0.2, -0.15) is 0 Å². The molecular formula is C14H27N. The predicted octanol–water partition coefficient (Wildman–Crippen LogP) is 4.77. The number of hydrogen-bond donors (Lipinski definition) is 0. The first kappa shape index (κ1) is 14.4. The van der Waals surface area contributed by atoms with E-state index in [2.05, 4.69) is 39.6 Å². The highest BCUT2D eigenvalue weighted by Gasteiger charge is 1.99. The first-order valence-corrected chi connectivity index (χ1v) is 6.33. The number of nitrogens with zero attached hydrogens (tertiary/aromatic N) is 1. The molecule has 0 fully saturated rings. The maximum atomic E-state index is 4.41. The Balaban J connectivity index is 3.95. The van der Waals surface area contributed by atoms with E-state index in [9.17, 15) is 0 Å². The minimum absolute atomic E-state index is 0.926. The molecule has 0 radical (unpaired) electrons. The van der Waals surface area contributed by atoms with Gasteiger partial charge in [-0.3, -0.25) is 4.99 Å². The van der Waals surface area contributed by atoms with E-state index >= 15 is 0 Å². The highest BCUT2D eigenvalue weighted by Crippen LogP contribution is 2.17. The van der Waals surface area contributed by atoms with Crippen LogP contribution in [0.3, 0.4) is 0 Å². The van der Waals surface area contributed by atoms with Crippen molar-refractivity contribution in [2.24, 2.45) is 4.99 Å². The van der Waals surface area contributed by atoms with Gasteiger partial charge in [-0.15, -0.1) is 0 Å². The molecule has 0 aromatic rings. The Morgan fingerprint density at radius 3 is 2.00 bits per heavy atom. The molecule has 1 heteroatoms. The molecule has 0 unspecified atom stereocenters. The Morgan fingerprint density at radius 2 is 1.53 bits per heavy atom. The van der Waals surface area contributed by atoms with E-state index in [0.717, 1.165) is 13.0 Å². The van der Waals surface area contributed by atoms with Crippen molar-refractivity contribution in [2.75, 3.05) is 6.54 Å². The third kappa shape index (κ3) is 6.48. The summed E-state index contributed by atoms with van der Waals surface area (Å²) in [6, 6.07) is 0. The van der Waals surface area contributed by atoms with Crippen molar-refractivity contribution < 1.29 is 0 Å². The Bertz CT molecular complexity index is 217. The zero-order chi connectivity index (χ0) is 11.7. The lowest BCUT2D eigenvalue weighted by molar-refractivity contribution is 0.812. The maximum absolute atomic E-state index is 4.41. The zero-order valence-corrected chi connectivity index (χ0v) is 11.2. The second-order valence-corrected chi connectivity index (χ2v) is 4.15. The van der Waals surface area contributed by atoms with Gasteiger partial charge in [0.2, 0.25) is 0 Å². The first-order valence-electron chi connectivity index (χ1n) is 6.33. The Kier molecular flexibility index (Phi) is 8.35. The predicted molar refractivity (Wildman–Crippen MR) is 70.8 cm³/mol. The standard InChI is InChI=1S/C14H27N/c1-6-14(7-2)12(4)10-9-11-13(5)15-8-3/h6-11H2,1-5H3. The average molecular weight is 209 g/mol. The summed E-state index contributed by atoms with van der Waals surface area (Å²) in [6.07, 6.45) is 6.08. The quantitative estimate of drug-likeness (QED) is 0.423. The average Bonchev–Trinajstić information content (AvgIpc) is 2.20. The van der Waals surface area contributed by atoms with Gasteiger partial charge in [0.25, 0.3) is 0 Å².